The number of hydrogen-bond donors (Lipinski definition) is 1. The molecule has 1 saturated carbocycles. The zero-order valence-corrected chi connectivity index (χ0v) is 14.9. The molecule has 4 nitrogen and oxygen atoms in total. The van der Waals surface area contributed by atoms with Crippen LogP contribution in [0.3, 0.4) is 0 Å². The second kappa shape index (κ2) is 6.06. The molecule has 2 aliphatic rings. The Labute approximate surface area is 152 Å². The molecule has 1 amide bonds. The number of hydrogen-bond acceptors (Lipinski definition) is 4. The normalized spacial score (nSPS) is 24.7. The van der Waals surface area contributed by atoms with Crippen LogP contribution in [0.15, 0.2) is 24.3 Å². The number of thiazole rings is 1. The molecule has 138 valence electrons. The van der Waals surface area contributed by atoms with E-state index in [-0.39, 0.29) is 17.6 Å². The van der Waals surface area contributed by atoms with Crippen LogP contribution >= 0.6 is 11.3 Å². The predicted octanol–water partition coefficient (Wildman–Crippen LogP) is 3.56. The van der Waals surface area contributed by atoms with Crippen LogP contribution < -0.4 is 5.73 Å². The van der Waals surface area contributed by atoms with Gasteiger partial charge in [-0.1, -0.05) is 12.1 Å². The van der Waals surface area contributed by atoms with Gasteiger partial charge in [0.25, 0.3) is 5.91 Å². The van der Waals surface area contributed by atoms with Crippen molar-refractivity contribution in [2.24, 2.45) is 17.6 Å². The number of alkyl halides is 3. The Bertz CT molecular complexity index is 864. The molecule has 1 aromatic heterocycles. The van der Waals surface area contributed by atoms with E-state index in [0.717, 1.165) is 18.6 Å². The van der Waals surface area contributed by atoms with Gasteiger partial charge in [0.05, 0.1) is 15.4 Å². The molecule has 2 N–H and O–H groups in total. The molecule has 2 fully saturated rings. The van der Waals surface area contributed by atoms with E-state index in [1.807, 2.05) is 0 Å². The summed E-state index contributed by atoms with van der Waals surface area (Å²) in [5.74, 6) is 0.731. The van der Waals surface area contributed by atoms with Crippen LogP contribution in [-0.4, -0.2) is 34.9 Å². The van der Waals surface area contributed by atoms with Gasteiger partial charge in [-0.3, -0.25) is 4.79 Å². The number of rotatable bonds is 3. The number of carbonyl (C=O) groups excluding carboxylic acids is 1. The Hall–Kier alpha value is -1.93. The molecule has 1 aliphatic carbocycles. The van der Waals surface area contributed by atoms with Crippen molar-refractivity contribution in [3.63, 3.8) is 0 Å². The number of benzene rings is 1. The third kappa shape index (κ3) is 2.91. The van der Waals surface area contributed by atoms with Gasteiger partial charge in [-0.15, -0.1) is 11.3 Å². The minimum Gasteiger partial charge on any atom is -0.332 e. The summed E-state index contributed by atoms with van der Waals surface area (Å²) in [5.41, 5.74) is 5.70. The van der Waals surface area contributed by atoms with E-state index in [4.69, 9.17) is 5.73 Å². The number of likely N-dealkylation sites (tertiary alicyclic amines) is 1. The summed E-state index contributed by atoms with van der Waals surface area (Å²) < 4.78 is 39.1. The van der Waals surface area contributed by atoms with Crippen LogP contribution in [-0.2, 0) is 6.18 Å². The van der Waals surface area contributed by atoms with Gasteiger partial charge in [0.2, 0.25) is 0 Å². The first-order valence-electron chi connectivity index (χ1n) is 8.45. The summed E-state index contributed by atoms with van der Waals surface area (Å²) in [7, 11) is 0. The molecule has 1 aromatic carbocycles. The molecule has 4 rings (SSSR count). The van der Waals surface area contributed by atoms with Crippen LogP contribution in [0.1, 0.15) is 27.5 Å². The quantitative estimate of drug-likeness (QED) is 0.885. The highest BCUT2D eigenvalue weighted by molar-refractivity contribution is 7.15. The Morgan fingerprint density at radius 2 is 2.19 bits per heavy atom. The fraction of sp³-hybridized carbons (Fsp3) is 0.444. The Kier molecular flexibility index (Phi) is 4.07. The van der Waals surface area contributed by atoms with Crippen molar-refractivity contribution in [3.8, 4) is 10.4 Å². The maximum absolute atomic E-state index is 13.1. The minimum atomic E-state index is -4.43. The maximum Gasteiger partial charge on any atom is 0.416 e. The molecule has 0 unspecified atom stereocenters. The van der Waals surface area contributed by atoms with Gasteiger partial charge in [-0.05, 0) is 42.9 Å². The first-order chi connectivity index (χ1) is 12.3. The lowest BCUT2D eigenvalue weighted by Gasteiger charge is -2.26. The molecule has 2 aromatic rings. The van der Waals surface area contributed by atoms with E-state index in [1.54, 1.807) is 17.9 Å². The van der Waals surface area contributed by atoms with Crippen molar-refractivity contribution < 1.29 is 18.0 Å². The zero-order chi connectivity index (χ0) is 18.6. The van der Waals surface area contributed by atoms with Gasteiger partial charge in [-0.25, -0.2) is 4.98 Å². The maximum atomic E-state index is 13.1. The highest BCUT2D eigenvalue weighted by Crippen LogP contribution is 2.50. The lowest BCUT2D eigenvalue weighted by atomic mass is 10.1. The largest absolute Gasteiger partial charge is 0.416 e. The van der Waals surface area contributed by atoms with Gasteiger partial charge >= 0.3 is 6.18 Å². The van der Waals surface area contributed by atoms with E-state index in [9.17, 15) is 18.0 Å². The van der Waals surface area contributed by atoms with Gasteiger partial charge < -0.3 is 10.6 Å². The number of halogens is 3. The van der Waals surface area contributed by atoms with Crippen molar-refractivity contribution >= 4 is 17.2 Å². The standard InChI is InChI=1S/C18H18F3N3OS/c1-9-23-15(17(25)24-8-11-6-13(11)14(24)7-22)16(26-9)10-3-2-4-12(5-10)18(19,20)21/h2-5,11,13-14H,6-8,22H2,1H3/t11-,13-,14-/m1/s1. The second-order valence-corrected chi connectivity index (χ2v) is 8.11. The molecule has 0 spiro atoms. The van der Waals surface area contributed by atoms with Crippen LogP contribution in [0.25, 0.3) is 10.4 Å². The molecule has 8 heteroatoms. The molecule has 2 heterocycles. The SMILES string of the molecule is Cc1nc(C(=O)N2C[C@H]3C[C@H]3[C@H]2CN)c(-c2cccc(C(F)(F)F)c2)s1. The number of nitrogens with two attached hydrogens (primary N) is 1. The Morgan fingerprint density at radius 3 is 2.88 bits per heavy atom. The average molecular weight is 381 g/mol. The van der Waals surface area contributed by atoms with Crippen molar-refractivity contribution in [1.29, 1.82) is 0 Å². The van der Waals surface area contributed by atoms with Gasteiger partial charge in [0, 0.05) is 19.1 Å². The smallest absolute Gasteiger partial charge is 0.332 e. The lowest BCUT2D eigenvalue weighted by molar-refractivity contribution is -0.137. The number of aromatic nitrogens is 1. The fourth-order valence-corrected chi connectivity index (χ4v) is 4.75. The first-order valence-corrected chi connectivity index (χ1v) is 9.27. The lowest BCUT2D eigenvalue weighted by Crippen LogP contribution is -2.43. The van der Waals surface area contributed by atoms with E-state index in [0.29, 0.717) is 40.4 Å². The van der Waals surface area contributed by atoms with E-state index >= 15 is 0 Å². The van der Waals surface area contributed by atoms with Gasteiger partial charge in [-0.2, -0.15) is 13.2 Å². The summed E-state index contributed by atoms with van der Waals surface area (Å²) in [6.07, 6.45) is -3.33. The third-order valence-electron chi connectivity index (χ3n) is 5.19. The third-order valence-corrected chi connectivity index (χ3v) is 6.21. The second-order valence-electron chi connectivity index (χ2n) is 6.91. The minimum absolute atomic E-state index is 0.00358. The molecular weight excluding hydrogens is 363 g/mol. The topological polar surface area (TPSA) is 59.2 Å². The highest BCUT2D eigenvalue weighted by atomic mass is 32.1. The van der Waals surface area contributed by atoms with Crippen molar-refractivity contribution in [1.82, 2.24) is 9.88 Å². The number of piperidine rings is 1. The summed E-state index contributed by atoms with van der Waals surface area (Å²) in [4.78, 5) is 19.6. The number of fused-ring (bicyclic) bond motifs is 1. The Morgan fingerprint density at radius 1 is 1.42 bits per heavy atom. The summed E-state index contributed by atoms with van der Waals surface area (Å²) >= 11 is 1.24. The molecule has 3 atom stereocenters. The number of amides is 1. The molecule has 1 aliphatic heterocycles. The van der Waals surface area contributed by atoms with Crippen LogP contribution in [0.4, 0.5) is 13.2 Å². The Balaban J connectivity index is 1.71. The predicted molar refractivity (Wildman–Crippen MR) is 92.8 cm³/mol. The van der Waals surface area contributed by atoms with Crippen molar-refractivity contribution in [3.05, 3.63) is 40.5 Å². The number of nitrogens with zero attached hydrogens (tertiary/aromatic N) is 2. The summed E-state index contributed by atoms with van der Waals surface area (Å²) in [6, 6.07) is 5.04. The van der Waals surface area contributed by atoms with Gasteiger partial charge in [0.15, 0.2) is 0 Å². The highest BCUT2D eigenvalue weighted by Gasteiger charge is 2.53. The first kappa shape index (κ1) is 17.5. The summed E-state index contributed by atoms with van der Waals surface area (Å²) in [6.45, 7) is 2.80. The number of carbonyl (C=O) groups is 1. The fourth-order valence-electron chi connectivity index (χ4n) is 3.85. The van der Waals surface area contributed by atoms with Crippen LogP contribution in [0.2, 0.25) is 0 Å². The van der Waals surface area contributed by atoms with E-state index in [2.05, 4.69) is 4.98 Å². The van der Waals surface area contributed by atoms with Crippen LogP contribution in [0.5, 0.6) is 0 Å². The monoisotopic (exact) mass is 381 g/mol. The average Bonchev–Trinajstić information content (AvgIpc) is 3.10. The van der Waals surface area contributed by atoms with Crippen LogP contribution in [0, 0.1) is 18.8 Å². The van der Waals surface area contributed by atoms with Crippen molar-refractivity contribution in [2.45, 2.75) is 25.6 Å². The van der Waals surface area contributed by atoms with E-state index in [1.165, 1.54) is 17.4 Å². The summed E-state index contributed by atoms with van der Waals surface area (Å²) in [5, 5.41) is 0.648. The molecule has 0 bridgehead atoms. The molecule has 1 saturated heterocycles. The molecule has 0 radical (unpaired) electrons. The molecular formula is C18H18F3N3OS. The van der Waals surface area contributed by atoms with Crippen molar-refractivity contribution in [2.75, 3.05) is 13.1 Å². The molecule has 26 heavy (non-hydrogen) atoms. The van der Waals surface area contributed by atoms with Gasteiger partial charge in [0.1, 0.15) is 5.69 Å². The zero-order valence-electron chi connectivity index (χ0n) is 14.1. The number of aryl methyl sites for hydroxylation is 1. The van der Waals surface area contributed by atoms with E-state index < -0.39 is 11.7 Å².